The van der Waals surface area contributed by atoms with E-state index in [0.717, 1.165) is 24.8 Å². The number of carboxylic acid groups (broad SMARTS) is 1. The average molecular weight is 594 g/mol. The SMILES string of the molecule is Cl.O=C(O)c1cc(NC(=O)c2ccccc2)cc(Oc2ccc3c(c2)C[C@@H](NC[C@H](O)c2ccc(Cl)nc2)CC3)c1. The van der Waals surface area contributed by atoms with Gasteiger partial charge in [-0.15, -0.1) is 12.4 Å². The first-order chi connectivity index (χ1) is 19.3. The molecule has 2 atom stereocenters. The summed E-state index contributed by atoms with van der Waals surface area (Å²) < 4.78 is 6.07. The molecule has 4 aromatic rings. The molecule has 10 heteroatoms. The summed E-state index contributed by atoms with van der Waals surface area (Å²) in [5.74, 6) is -0.613. The number of nitrogens with zero attached hydrogens (tertiary/aromatic N) is 1. The van der Waals surface area contributed by atoms with E-state index < -0.39 is 12.1 Å². The lowest BCUT2D eigenvalue weighted by atomic mass is 9.88. The predicted molar refractivity (Wildman–Crippen MR) is 160 cm³/mol. The lowest BCUT2D eigenvalue weighted by Crippen LogP contribution is -2.37. The van der Waals surface area contributed by atoms with Crippen molar-refractivity contribution in [3.63, 3.8) is 0 Å². The lowest BCUT2D eigenvalue weighted by molar-refractivity contribution is 0.0696. The van der Waals surface area contributed by atoms with Gasteiger partial charge in [0.2, 0.25) is 0 Å². The van der Waals surface area contributed by atoms with Gasteiger partial charge in [0.15, 0.2) is 0 Å². The molecule has 0 aliphatic heterocycles. The first-order valence-electron chi connectivity index (χ1n) is 12.9. The van der Waals surface area contributed by atoms with Crippen LogP contribution in [0.25, 0.3) is 0 Å². The second-order valence-corrected chi connectivity index (χ2v) is 10.1. The van der Waals surface area contributed by atoms with Crippen LogP contribution in [-0.2, 0) is 12.8 Å². The fraction of sp³-hybridized carbons (Fsp3) is 0.194. The number of aryl methyl sites for hydroxylation is 1. The molecular formula is C31H29Cl2N3O5. The maximum absolute atomic E-state index is 12.6. The summed E-state index contributed by atoms with van der Waals surface area (Å²) in [5.41, 5.74) is 3.82. The third-order valence-corrected chi connectivity index (χ3v) is 7.05. The first kappa shape index (κ1) is 30.0. The van der Waals surface area contributed by atoms with Gasteiger partial charge in [0.05, 0.1) is 11.7 Å². The standard InChI is InChI=1S/C31H28ClN3O5.ClH/c32-29-11-8-21(17-34-29)28(36)18-33-24-9-6-19-7-10-26(14-22(19)12-24)40-27-15-23(31(38)39)13-25(16-27)35-30(37)20-4-2-1-3-5-20;/h1-5,7-8,10-11,13-17,24,28,33,36H,6,9,12,18H2,(H,35,37)(H,38,39);1H/t24-,28-;/m0./s1. The fourth-order valence-corrected chi connectivity index (χ4v) is 4.85. The minimum absolute atomic E-state index is 0. The number of fused-ring (bicyclic) bond motifs is 1. The number of benzene rings is 3. The Morgan fingerprint density at radius 1 is 0.976 bits per heavy atom. The number of nitrogens with one attached hydrogen (secondary N) is 2. The smallest absolute Gasteiger partial charge is 0.335 e. The number of anilines is 1. The summed E-state index contributed by atoms with van der Waals surface area (Å²) in [5, 5.41) is 26.7. The van der Waals surface area contributed by atoms with E-state index in [1.54, 1.807) is 48.7 Å². The van der Waals surface area contributed by atoms with Gasteiger partial charge in [-0.2, -0.15) is 0 Å². The molecule has 0 fully saturated rings. The van der Waals surface area contributed by atoms with Gasteiger partial charge in [-0.25, -0.2) is 9.78 Å². The molecule has 5 rings (SSSR count). The zero-order chi connectivity index (χ0) is 28.1. The number of rotatable bonds is 9. The highest BCUT2D eigenvalue weighted by atomic mass is 35.5. The van der Waals surface area contributed by atoms with Gasteiger partial charge < -0.3 is 25.6 Å². The molecule has 0 unspecified atom stereocenters. The van der Waals surface area contributed by atoms with Crippen LogP contribution in [0.1, 0.15) is 49.9 Å². The first-order valence-corrected chi connectivity index (χ1v) is 13.3. The highest BCUT2D eigenvalue weighted by Crippen LogP contribution is 2.31. The quantitative estimate of drug-likeness (QED) is 0.173. The maximum atomic E-state index is 12.6. The number of pyridine rings is 1. The number of aliphatic hydroxyl groups is 1. The monoisotopic (exact) mass is 593 g/mol. The Bertz CT molecular complexity index is 1520. The average Bonchev–Trinajstić information content (AvgIpc) is 2.96. The van der Waals surface area contributed by atoms with E-state index >= 15 is 0 Å². The van der Waals surface area contributed by atoms with Gasteiger partial charge in [0.1, 0.15) is 16.7 Å². The van der Waals surface area contributed by atoms with Gasteiger partial charge in [-0.3, -0.25) is 4.79 Å². The molecule has 0 saturated heterocycles. The van der Waals surface area contributed by atoms with E-state index in [1.165, 1.54) is 17.7 Å². The molecule has 0 radical (unpaired) electrons. The number of amides is 1. The number of carboxylic acids is 1. The molecule has 41 heavy (non-hydrogen) atoms. The predicted octanol–water partition coefficient (Wildman–Crippen LogP) is 6.08. The van der Waals surface area contributed by atoms with E-state index in [0.29, 0.717) is 40.0 Å². The van der Waals surface area contributed by atoms with Gasteiger partial charge >= 0.3 is 5.97 Å². The number of halogens is 2. The van der Waals surface area contributed by atoms with Crippen LogP contribution in [0.5, 0.6) is 11.5 Å². The Morgan fingerprint density at radius 2 is 1.78 bits per heavy atom. The van der Waals surface area contributed by atoms with Crippen LogP contribution in [0.4, 0.5) is 5.69 Å². The molecule has 1 amide bonds. The van der Waals surface area contributed by atoms with E-state index in [-0.39, 0.29) is 29.9 Å². The summed E-state index contributed by atoms with van der Waals surface area (Å²) >= 11 is 5.84. The molecule has 1 aliphatic carbocycles. The Kier molecular flexibility index (Phi) is 9.96. The van der Waals surface area contributed by atoms with Crippen LogP contribution in [0.2, 0.25) is 5.15 Å². The zero-order valence-electron chi connectivity index (χ0n) is 21.9. The number of hydrogen-bond donors (Lipinski definition) is 4. The van der Waals surface area contributed by atoms with Crippen LogP contribution in [0.3, 0.4) is 0 Å². The highest BCUT2D eigenvalue weighted by Gasteiger charge is 2.21. The number of aliphatic hydroxyl groups excluding tert-OH is 1. The normalized spacial score (nSPS) is 14.7. The van der Waals surface area contributed by atoms with Crippen LogP contribution in [-0.4, -0.2) is 39.7 Å². The molecule has 4 N–H and O–H groups in total. The summed E-state index contributed by atoms with van der Waals surface area (Å²) in [6.45, 7) is 0.388. The third-order valence-electron chi connectivity index (χ3n) is 6.82. The Labute approximate surface area is 248 Å². The minimum atomic E-state index is -1.13. The number of carbonyl (C=O) groups is 2. The van der Waals surface area contributed by atoms with Crippen molar-refractivity contribution in [2.45, 2.75) is 31.4 Å². The molecule has 1 aromatic heterocycles. The molecule has 0 saturated carbocycles. The van der Waals surface area contributed by atoms with Crippen LogP contribution in [0, 0.1) is 0 Å². The topological polar surface area (TPSA) is 121 Å². The van der Waals surface area contributed by atoms with Crippen molar-refractivity contribution in [3.05, 3.63) is 118 Å². The molecule has 1 aliphatic rings. The zero-order valence-corrected chi connectivity index (χ0v) is 23.5. The summed E-state index contributed by atoms with van der Waals surface area (Å²) in [4.78, 5) is 28.4. The van der Waals surface area contributed by atoms with Crippen molar-refractivity contribution in [3.8, 4) is 11.5 Å². The highest BCUT2D eigenvalue weighted by molar-refractivity contribution is 6.29. The van der Waals surface area contributed by atoms with E-state index in [4.69, 9.17) is 16.3 Å². The number of carbonyl (C=O) groups excluding carboxylic acids is 1. The molecule has 212 valence electrons. The minimum Gasteiger partial charge on any atom is -0.478 e. The van der Waals surface area contributed by atoms with Crippen LogP contribution >= 0.6 is 24.0 Å². The number of aromatic carboxylic acids is 1. The second-order valence-electron chi connectivity index (χ2n) is 9.68. The van der Waals surface area contributed by atoms with Gasteiger partial charge in [-0.1, -0.05) is 41.9 Å². The van der Waals surface area contributed by atoms with Crippen LogP contribution < -0.4 is 15.4 Å². The Balaban J connectivity index is 0.00000387. The molecule has 1 heterocycles. The summed E-state index contributed by atoms with van der Waals surface area (Å²) in [6.07, 6.45) is 3.46. The van der Waals surface area contributed by atoms with Crippen molar-refractivity contribution >= 4 is 41.6 Å². The van der Waals surface area contributed by atoms with Crippen LogP contribution in [0.15, 0.2) is 85.1 Å². The number of ether oxygens (including phenoxy) is 1. The van der Waals surface area contributed by atoms with Crippen molar-refractivity contribution in [1.29, 1.82) is 0 Å². The molecule has 0 spiro atoms. The van der Waals surface area contributed by atoms with Crippen molar-refractivity contribution < 1.29 is 24.5 Å². The van der Waals surface area contributed by atoms with Crippen molar-refractivity contribution in [1.82, 2.24) is 10.3 Å². The van der Waals surface area contributed by atoms with E-state index in [2.05, 4.69) is 15.6 Å². The second kappa shape index (κ2) is 13.6. The Morgan fingerprint density at radius 3 is 2.51 bits per heavy atom. The fourth-order valence-electron chi connectivity index (χ4n) is 4.73. The Hall–Kier alpha value is -3.95. The van der Waals surface area contributed by atoms with E-state index in [1.807, 2.05) is 24.3 Å². The van der Waals surface area contributed by atoms with E-state index in [9.17, 15) is 19.8 Å². The largest absolute Gasteiger partial charge is 0.478 e. The summed E-state index contributed by atoms with van der Waals surface area (Å²) in [6, 6.07) is 22.5. The van der Waals surface area contributed by atoms with Crippen molar-refractivity contribution in [2.24, 2.45) is 0 Å². The number of aromatic nitrogens is 1. The molecule has 0 bridgehead atoms. The summed E-state index contributed by atoms with van der Waals surface area (Å²) in [7, 11) is 0. The lowest BCUT2D eigenvalue weighted by Gasteiger charge is -2.27. The van der Waals surface area contributed by atoms with Gasteiger partial charge in [0, 0.05) is 41.7 Å². The molecule has 8 nitrogen and oxygen atoms in total. The third kappa shape index (κ3) is 7.83. The maximum Gasteiger partial charge on any atom is 0.335 e. The number of hydrogen-bond acceptors (Lipinski definition) is 6. The van der Waals surface area contributed by atoms with Gasteiger partial charge in [0.25, 0.3) is 5.91 Å². The molecular weight excluding hydrogens is 565 g/mol. The molecule has 3 aromatic carbocycles. The van der Waals surface area contributed by atoms with Gasteiger partial charge in [-0.05, 0) is 72.9 Å². The van der Waals surface area contributed by atoms with Crippen molar-refractivity contribution in [2.75, 3.05) is 11.9 Å².